The maximum absolute atomic E-state index is 10.3. The highest BCUT2D eigenvalue weighted by molar-refractivity contribution is 5.84. The quantitative estimate of drug-likeness (QED) is 0.645. The van der Waals surface area contributed by atoms with Crippen LogP contribution in [0.4, 0.5) is 0 Å². The van der Waals surface area contributed by atoms with Crippen molar-refractivity contribution in [1.82, 2.24) is 0 Å². The number of hydrogen-bond acceptors (Lipinski definition) is 5. The molecule has 156 valence electrons. The Morgan fingerprint density at radius 1 is 0.828 bits per heavy atom. The van der Waals surface area contributed by atoms with E-state index in [1.54, 1.807) is 6.07 Å². The zero-order chi connectivity index (χ0) is 21.9. The van der Waals surface area contributed by atoms with E-state index in [0.717, 1.165) is 22.1 Å². The fraction of sp³-hybridized carbons (Fsp3) is 0.318. The third kappa shape index (κ3) is 6.39. The molecule has 0 spiro atoms. The van der Waals surface area contributed by atoms with Crippen molar-refractivity contribution < 1.29 is 38.4 Å². The first kappa shape index (κ1) is 23.1. The summed E-state index contributed by atoms with van der Waals surface area (Å²) in [5.41, 5.74) is 5.25. The lowest BCUT2D eigenvalue weighted by molar-refractivity contribution is -2.00. The molecule has 0 aliphatic carbocycles. The lowest BCUT2D eigenvalue weighted by atomic mass is 9.97. The van der Waals surface area contributed by atoms with Crippen LogP contribution in [0.1, 0.15) is 56.2 Å². The van der Waals surface area contributed by atoms with Crippen molar-refractivity contribution >= 4 is 11.0 Å². The lowest BCUT2D eigenvalue weighted by Gasteiger charge is -2.17. The van der Waals surface area contributed by atoms with Gasteiger partial charge in [-0.05, 0) is 59.7 Å². The molecule has 0 saturated heterocycles. The topological polar surface area (TPSA) is 124 Å². The monoisotopic (exact) mass is 420 g/mol. The molecule has 0 radical (unpaired) electrons. The molecular weight excluding hydrogens is 396 g/mol. The van der Waals surface area contributed by atoms with E-state index < -0.39 is 10.2 Å². The Bertz CT molecular complexity index is 986. The summed E-state index contributed by atoms with van der Waals surface area (Å²) >= 11 is 0. The van der Waals surface area contributed by atoms with Crippen LogP contribution in [0.25, 0.3) is 22.3 Å². The predicted octanol–water partition coefficient (Wildman–Crippen LogP) is 1.89. The average Bonchev–Trinajstić information content (AvgIpc) is 2.60. The van der Waals surface area contributed by atoms with Gasteiger partial charge in [-0.25, -0.2) is 23.1 Å². The van der Waals surface area contributed by atoms with Crippen LogP contribution in [0.2, 0.25) is 0 Å². The number of benzene rings is 2. The van der Waals surface area contributed by atoms with E-state index in [1.807, 2.05) is 24.3 Å². The van der Waals surface area contributed by atoms with E-state index in [1.165, 1.54) is 11.1 Å². The second-order valence-corrected chi connectivity index (χ2v) is 8.27. The average molecular weight is 421 g/mol. The standard InChI is InChI=1S/C22H24O2.ClHO4/c1-13(2)16-6-8-20(23)19(12-16)22-10-15(5)18-11-17(14(3)4)7-9-21(18)24-22;2-1(3,4)5/h6-14H,1-5H3;(H,2,3,4,5). The number of rotatable bonds is 3. The van der Waals surface area contributed by atoms with Crippen LogP contribution in [-0.2, 0) is 0 Å². The highest BCUT2D eigenvalue weighted by Gasteiger charge is 2.21. The maximum atomic E-state index is 10.3. The van der Waals surface area contributed by atoms with Crippen molar-refractivity contribution in [1.29, 1.82) is 0 Å². The molecule has 7 heteroatoms. The second kappa shape index (κ2) is 9.07. The van der Waals surface area contributed by atoms with E-state index in [2.05, 4.69) is 46.8 Å². The van der Waals surface area contributed by atoms with Crippen molar-refractivity contribution in [2.45, 2.75) is 46.5 Å². The molecule has 1 heterocycles. The summed E-state index contributed by atoms with van der Waals surface area (Å²) in [5.74, 6) is 1.85. The molecule has 0 bridgehead atoms. The Labute approximate surface area is 172 Å². The Morgan fingerprint density at radius 3 is 1.90 bits per heavy atom. The molecule has 0 unspecified atom stereocenters. The minimum Gasteiger partial charge on any atom is -0.507 e. The first-order valence-electron chi connectivity index (χ1n) is 9.19. The van der Waals surface area contributed by atoms with Crippen LogP contribution in [0, 0.1) is 17.2 Å². The Balaban J connectivity index is 0.000000537. The molecule has 3 aromatic rings. The highest BCUT2D eigenvalue weighted by Crippen LogP contribution is 2.35. The molecule has 0 aliphatic rings. The fourth-order valence-electron chi connectivity index (χ4n) is 2.97. The van der Waals surface area contributed by atoms with Crippen LogP contribution in [-0.4, -0.2) is 5.11 Å². The van der Waals surface area contributed by atoms with Crippen LogP contribution in [0.15, 0.2) is 46.9 Å². The first-order chi connectivity index (χ1) is 13.4. The number of aryl methyl sites for hydroxylation is 1. The van der Waals surface area contributed by atoms with E-state index in [4.69, 9.17) is 23.1 Å². The van der Waals surface area contributed by atoms with E-state index in [9.17, 15) is 5.11 Å². The van der Waals surface area contributed by atoms with E-state index in [0.29, 0.717) is 17.6 Å². The first-order valence-corrected chi connectivity index (χ1v) is 10.4. The van der Waals surface area contributed by atoms with Gasteiger partial charge in [0.25, 0.3) is 0 Å². The van der Waals surface area contributed by atoms with Gasteiger partial charge in [-0.15, -0.1) is 10.2 Å². The third-order valence-electron chi connectivity index (χ3n) is 4.62. The van der Waals surface area contributed by atoms with Crippen LogP contribution >= 0.6 is 0 Å². The minimum atomic E-state index is -4.94. The van der Waals surface area contributed by atoms with Gasteiger partial charge in [0.15, 0.2) is 0 Å². The smallest absolute Gasteiger partial charge is 0.364 e. The number of hydrogen-bond donors (Lipinski definition) is 1. The predicted molar refractivity (Wildman–Crippen MR) is 101 cm³/mol. The third-order valence-corrected chi connectivity index (χ3v) is 4.62. The molecule has 3 rings (SSSR count). The van der Waals surface area contributed by atoms with Crippen molar-refractivity contribution in [2.75, 3.05) is 0 Å². The Hall–Kier alpha value is -2.22. The van der Waals surface area contributed by atoms with Crippen LogP contribution in [0.5, 0.6) is 5.75 Å². The minimum absolute atomic E-state index is 0.251. The highest BCUT2D eigenvalue weighted by atomic mass is 35.7. The molecule has 0 atom stereocenters. The number of phenolic OH excluding ortho intramolecular Hbond substituents is 1. The zero-order valence-electron chi connectivity index (χ0n) is 17.1. The van der Waals surface area contributed by atoms with Crippen molar-refractivity contribution in [3.8, 4) is 17.1 Å². The van der Waals surface area contributed by atoms with Gasteiger partial charge in [-0.1, -0.05) is 33.8 Å². The molecule has 1 N–H and O–H groups in total. The molecule has 0 saturated carbocycles. The largest absolute Gasteiger partial charge is 0.507 e. The summed E-state index contributed by atoms with van der Waals surface area (Å²) in [6.45, 7) is 10.8. The second-order valence-electron chi connectivity index (χ2n) is 7.51. The molecule has 0 amide bonds. The van der Waals surface area contributed by atoms with Crippen LogP contribution < -0.4 is 18.6 Å². The number of phenols is 1. The summed E-state index contributed by atoms with van der Waals surface area (Å²) in [5, 5.41) is 11.4. The van der Waals surface area contributed by atoms with Gasteiger partial charge in [-0.2, -0.15) is 0 Å². The molecule has 0 aliphatic heterocycles. The van der Waals surface area contributed by atoms with Gasteiger partial charge in [0, 0.05) is 12.1 Å². The summed E-state index contributed by atoms with van der Waals surface area (Å²) in [6.07, 6.45) is 0. The lowest BCUT2D eigenvalue weighted by Crippen LogP contribution is -2.68. The summed E-state index contributed by atoms with van der Waals surface area (Å²) in [4.78, 5) is 0. The summed E-state index contributed by atoms with van der Waals surface area (Å²) in [7, 11) is -4.94. The normalized spacial score (nSPS) is 11.7. The van der Waals surface area contributed by atoms with E-state index >= 15 is 0 Å². The molecular formula is C22H25ClO6. The van der Waals surface area contributed by atoms with Gasteiger partial charge >= 0.3 is 11.3 Å². The van der Waals surface area contributed by atoms with Gasteiger partial charge in [0.05, 0.1) is 5.39 Å². The van der Waals surface area contributed by atoms with Crippen molar-refractivity contribution in [2.24, 2.45) is 0 Å². The molecule has 6 nitrogen and oxygen atoms in total. The number of fused-ring (bicyclic) bond motifs is 1. The van der Waals surface area contributed by atoms with Gasteiger partial charge in [0.2, 0.25) is 0 Å². The van der Waals surface area contributed by atoms with Gasteiger partial charge in [-0.3, -0.25) is 0 Å². The molecule has 2 aromatic carbocycles. The summed E-state index contributed by atoms with van der Waals surface area (Å²) < 4.78 is 40.1. The zero-order valence-corrected chi connectivity index (χ0v) is 17.8. The molecule has 0 fully saturated rings. The number of aromatic hydroxyl groups is 1. The summed E-state index contributed by atoms with van der Waals surface area (Å²) in [6, 6.07) is 14.1. The van der Waals surface area contributed by atoms with E-state index in [-0.39, 0.29) is 5.75 Å². The maximum Gasteiger partial charge on any atom is 0.364 e. The molecule has 1 aromatic heterocycles. The van der Waals surface area contributed by atoms with Crippen molar-refractivity contribution in [3.05, 3.63) is 59.2 Å². The van der Waals surface area contributed by atoms with Crippen molar-refractivity contribution in [3.63, 3.8) is 0 Å². The number of halogens is 1. The fourth-order valence-corrected chi connectivity index (χ4v) is 2.97. The Morgan fingerprint density at radius 2 is 1.34 bits per heavy atom. The van der Waals surface area contributed by atoms with Gasteiger partial charge < -0.3 is 5.11 Å². The SMILES string of the molecule is Cc1cc(-c2cc(C(C)C)ccc2O)[o+]c2ccc(C(C)C)cc12.[O-][Cl+3]([O-])([O-])[O-]. The Kier molecular flexibility index (Phi) is 7.21. The molecule has 29 heavy (non-hydrogen) atoms. The van der Waals surface area contributed by atoms with Gasteiger partial charge in [0.1, 0.15) is 11.3 Å². The van der Waals surface area contributed by atoms with Crippen LogP contribution in [0.3, 0.4) is 0 Å².